The molecule has 1 aliphatic rings. The molecule has 1 aromatic carbocycles. The number of carboxylic acids is 1. The lowest BCUT2D eigenvalue weighted by atomic mass is 9.96. The molecule has 1 saturated heterocycles. The average molecular weight is 330 g/mol. The summed E-state index contributed by atoms with van der Waals surface area (Å²) in [6.45, 7) is 0.698. The fraction of sp³-hybridized carbons (Fsp3) is 0.385. The lowest BCUT2D eigenvalue weighted by Crippen LogP contribution is -2.40. The molecule has 0 saturated carbocycles. The van der Waals surface area contributed by atoms with Gasteiger partial charge < -0.3 is 10.0 Å². The molecule has 0 bridgehead atoms. The van der Waals surface area contributed by atoms with Gasteiger partial charge in [-0.25, -0.2) is 4.39 Å². The van der Waals surface area contributed by atoms with Crippen molar-refractivity contribution in [3.63, 3.8) is 0 Å². The quantitative estimate of drug-likeness (QED) is 0.907. The summed E-state index contributed by atoms with van der Waals surface area (Å²) in [7, 11) is 0. The molecule has 0 unspecified atom stereocenters. The van der Waals surface area contributed by atoms with Gasteiger partial charge in [0.15, 0.2) is 0 Å². The van der Waals surface area contributed by atoms with Gasteiger partial charge >= 0.3 is 5.97 Å². The lowest BCUT2D eigenvalue weighted by molar-refractivity contribution is -0.143. The minimum absolute atomic E-state index is 0.0168. The van der Waals surface area contributed by atoms with Crippen LogP contribution in [0.15, 0.2) is 22.7 Å². The van der Waals surface area contributed by atoms with Gasteiger partial charge in [0.2, 0.25) is 0 Å². The number of hydrogen-bond acceptors (Lipinski definition) is 2. The van der Waals surface area contributed by atoms with Crippen LogP contribution in [-0.4, -0.2) is 35.0 Å². The van der Waals surface area contributed by atoms with Crippen LogP contribution >= 0.6 is 15.9 Å². The largest absolute Gasteiger partial charge is 0.481 e. The van der Waals surface area contributed by atoms with E-state index in [0.29, 0.717) is 25.9 Å². The molecule has 0 spiro atoms. The third-order valence-electron chi connectivity index (χ3n) is 3.31. The summed E-state index contributed by atoms with van der Waals surface area (Å²) in [5.41, 5.74) is 0.0168. The Bertz CT molecular complexity index is 513. The number of nitrogens with zero attached hydrogens (tertiary/aromatic N) is 1. The van der Waals surface area contributed by atoms with E-state index in [-0.39, 0.29) is 15.9 Å². The predicted molar refractivity (Wildman–Crippen MR) is 70.4 cm³/mol. The van der Waals surface area contributed by atoms with Gasteiger partial charge in [-0.3, -0.25) is 9.59 Å². The van der Waals surface area contributed by atoms with E-state index in [4.69, 9.17) is 5.11 Å². The topological polar surface area (TPSA) is 57.6 Å². The van der Waals surface area contributed by atoms with Gasteiger partial charge in [0, 0.05) is 13.1 Å². The van der Waals surface area contributed by atoms with E-state index in [1.54, 1.807) is 6.07 Å². The molecule has 1 N–H and O–H groups in total. The normalized spacial score (nSPS) is 16.4. The first-order valence-electron chi connectivity index (χ1n) is 5.97. The van der Waals surface area contributed by atoms with Gasteiger partial charge in [-0.15, -0.1) is 0 Å². The number of amides is 1. The monoisotopic (exact) mass is 329 g/mol. The van der Waals surface area contributed by atoms with Gasteiger partial charge in [0.25, 0.3) is 5.91 Å². The molecule has 0 atom stereocenters. The van der Waals surface area contributed by atoms with Crippen LogP contribution < -0.4 is 0 Å². The molecule has 1 heterocycles. The summed E-state index contributed by atoms with van der Waals surface area (Å²) in [5, 5.41) is 8.89. The van der Waals surface area contributed by atoms with Crippen LogP contribution in [0.1, 0.15) is 23.2 Å². The minimum Gasteiger partial charge on any atom is -0.481 e. The Labute approximate surface area is 118 Å². The second kappa shape index (κ2) is 5.69. The highest BCUT2D eigenvalue weighted by atomic mass is 79.9. The Balaban J connectivity index is 2.09. The van der Waals surface area contributed by atoms with E-state index >= 15 is 0 Å². The molecular weight excluding hydrogens is 317 g/mol. The number of likely N-dealkylation sites (tertiary alicyclic amines) is 1. The van der Waals surface area contributed by atoms with E-state index in [1.165, 1.54) is 17.0 Å². The highest BCUT2D eigenvalue weighted by Crippen LogP contribution is 2.23. The second-order valence-electron chi connectivity index (χ2n) is 4.51. The number of aliphatic carboxylic acids is 1. The van der Waals surface area contributed by atoms with Crippen LogP contribution in [0.3, 0.4) is 0 Å². The van der Waals surface area contributed by atoms with Crippen LogP contribution in [0.4, 0.5) is 4.39 Å². The molecule has 0 aromatic heterocycles. The molecule has 4 nitrogen and oxygen atoms in total. The zero-order valence-corrected chi connectivity index (χ0v) is 11.7. The number of rotatable bonds is 2. The van der Waals surface area contributed by atoms with E-state index in [0.717, 1.165) is 0 Å². The number of carboxylic acid groups (broad SMARTS) is 1. The minimum atomic E-state index is -0.833. The number of hydrogen-bond donors (Lipinski definition) is 1. The number of carbonyl (C=O) groups excluding carboxylic acids is 1. The van der Waals surface area contributed by atoms with Crippen LogP contribution in [0.2, 0.25) is 0 Å². The highest BCUT2D eigenvalue weighted by Gasteiger charge is 2.28. The van der Waals surface area contributed by atoms with Crippen molar-refractivity contribution in [1.29, 1.82) is 0 Å². The van der Waals surface area contributed by atoms with Crippen molar-refractivity contribution in [2.24, 2.45) is 5.92 Å². The summed E-state index contributed by atoms with van der Waals surface area (Å²) >= 11 is 3.04. The zero-order valence-electron chi connectivity index (χ0n) is 10.1. The van der Waals surface area contributed by atoms with Crippen molar-refractivity contribution in [3.05, 3.63) is 34.1 Å². The van der Waals surface area contributed by atoms with E-state index in [1.807, 2.05) is 0 Å². The first kappa shape index (κ1) is 14.0. The summed E-state index contributed by atoms with van der Waals surface area (Å²) < 4.78 is 14.1. The Kier molecular flexibility index (Phi) is 4.19. The molecule has 102 valence electrons. The van der Waals surface area contributed by atoms with Crippen molar-refractivity contribution >= 4 is 27.8 Å². The molecule has 6 heteroatoms. The van der Waals surface area contributed by atoms with Crippen molar-refractivity contribution in [2.75, 3.05) is 13.1 Å². The van der Waals surface area contributed by atoms with Gasteiger partial charge in [-0.2, -0.15) is 0 Å². The van der Waals surface area contributed by atoms with Gasteiger partial charge in [-0.05, 0) is 40.9 Å². The molecule has 1 aliphatic heterocycles. The average Bonchev–Trinajstić information content (AvgIpc) is 2.41. The van der Waals surface area contributed by atoms with Crippen LogP contribution in [0, 0.1) is 11.7 Å². The lowest BCUT2D eigenvalue weighted by Gasteiger charge is -2.30. The number of piperidine rings is 1. The SMILES string of the molecule is O=C(O)C1CCN(C(=O)c2cccc(Br)c2F)CC1. The summed E-state index contributed by atoms with van der Waals surface area (Å²) in [4.78, 5) is 24.5. The van der Waals surface area contributed by atoms with Crippen molar-refractivity contribution in [2.45, 2.75) is 12.8 Å². The molecule has 0 radical (unpaired) electrons. The Morgan fingerprint density at radius 2 is 1.95 bits per heavy atom. The molecule has 1 amide bonds. The first-order chi connectivity index (χ1) is 9.00. The summed E-state index contributed by atoms with van der Waals surface area (Å²) in [6, 6.07) is 4.57. The third kappa shape index (κ3) is 2.94. The molecule has 2 rings (SSSR count). The molecule has 0 aliphatic carbocycles. The fourth-order valence-corrected chi connectivity index (χ4v) is 2.54. The van der Waals surface area contributed by atoms with Crippen molar-refractivity contribution in [1.82, 2.24) is 4.90 Å². The standard InChI is InChI=1S/C13H13BrFNO3/c14-10-3-1-2-9(11(10)15)12(17)16-6-4-8(5-7-16)13(18)19/h1-3,8H,4-7H2,(H,18,19). The summed E-state index contributed by atoms with van der Waals surface area (Å²) in [6.07, 6.45) is 0.827. The van der Waals surface area contributed by atoms with Crippen molar-refractivity contribution < 1.29 is 19.1 Å². The maximum Gasteiger partial charge on any atom is 0.306 e. The van der Waals surface area contributed by atoms with Crippen molar-refractivity contribution in [3.8, 4) is 0 Å². The van der Waals surface area contributed by atoms with E-state index in [9.17, 15) is 14.0 Å². The molecule has 1 fully saturated rings. The Morgan fingerprint density at radius 1 is 1.32 bits per heavy atom. The second-order valence-corrected chi connectivity index (χ2v) is 5.36. The molecule has 1 aromatic rings. The Hall–Kier alpha value is -1.43. The van der Waals surface area contributed by atoms with Gasteiger partial charge in [-0.1, -0.05) is 6.07 Å². The maximum atomic E-state index is 13.8. The predicted octanol–water partition coefficient (Wildman–Crippen LogP) is 2.53. The fourth-order valence-electron chi connectivity index (χ4n) is 2.17. The van der Waals surface area contributed by atoms with Crippen LogP contribution in [-0.2, 0) is 4.79 Å². The van der Waals surface area contributed by atoms with Gasteiger partial charge in [0.05, 0.1) is 16.0 Å². The number of halogens is 2. The van der Waals surface area contributed by atoms with Gasteiger partial charge in [0.1, 0.15) is 5.82 Å². The third-order valence-corrected chi connectivity index (χ3v) is 3.93. The maximum absolute atomic E-state index is 13.8. The zero-order chi connectivity index (χ0) is 14.0. The van der Waals surface area contributed by atoms with Crippen LogP contribution in [0.5, 0.6) is 0 Å². The Morgan fingerprint density at radius 3 is 2.53 bits per heavy atom. The number of benzene rings is 1. The van der Waals surface area contributed by atoms with E-state index < -0.39 is 17.7 Å². The molecular formula is C13H13BrFNO3. The number of carbonyl (C=O) groups is 2. The first-order valence-corrected chi connectivity index (χ1v) is 6.76. The highest BCUT2D eigenvalue weighted by molar-refractivity contribution is 9.10. The molecule has 19 heavy (non-hydrogen) atoms. The summed E-state index contributed by atoms with van der Waals surface area (Å²) in [5.74, 6) is -2.20. The van der Waals surface area contributed by atoms with E-state index in [2.05, 4.69) is 15.9 Å². The smallest absolute Gasteiger partial charge is 0.306 e. The van der Waals surface area contributed by atoms with Crippen LogP contribution in [0.25, 0.3) is 0 Å².